The molecule has 7 heteroatoms. The van der Waals surface area contributed by atoms with E-state index in [-0.39, 0.29) is 25.4 Å². The zero-order valence-electron chi connectivity index (χ0n) is 15.1. The molecule has 2 rings (SSSR count). The molecule has 0 bridgehead atoms. The van der Waals surface area contributed by atoms with Gasteiger partial charge < -0.3 is 5.32 Å². The third kappa shape index (κ3) is 5.47. The van der Waals surface area contributed by atoms with Crippen LogP contribution in [0.3, 0.4) is 0 Å². The number of carbonyl (C=O) groups is 1. The van der Waals surface area contributed by atoms with E-state index in [0.717, 1.165) is 16.7 Å². The zero-order valence-corrected chi connectivity index (χ0v) is 16.7. The quantitative estimate of drug-likeness (QED) is 0.784. The minimum absolute atomic E-state index is 0.165. The Balaban J connectivity index is 2.02. The highest BCUT2D eigenvalue weighted by Crippen LogP contribution is 2.26. The van der Waals surface area contributed by atoms with Crippen molar-refractivity contribution in [3.63, 3.8) is 0 Å². The zero-order chi connectivity index (χ0) is 19.3. The second-order valence-corrected chi connectivity index (χ2v) is 8.57. The number of para-hydroxylation sites is 1. The van der Waals surface area contributed by atoms with Crippen molar-refractivity contribution in [1.82, 2.24) is 5.32 Å². The maximum absolute atomic E-state index is 12.2. The molecule has 0 aliphatic rings. The van der Waals surface area contributed by atoms with Crippen LogP contribution >= 0.6 is 11.6 Å². The number of hydrogen-bond donors (Lipinski definition) is 1. The van der Waals surface area contributed by atoms with Gasteiger partial charge in [0.1, 0.15) is 0 Å². The van der Waals surface area contributed by atoms with Crippen molar-refractivity contribution in [2.75, 3.05) is 23.7 Å². The summed E-state index contributed by atoms with van der Waals surface area (Å²) in [4.78, 5) is 12.1. The Hall–Kier alpha value is -2.05. The summed E-state index contributed by atoms with van der Waals surface area (Å²) in [7, 11) is -3.46. The Bertz CT molecular complexity index is 860. The summed E-state index contributed by atoms with van der Waals surface area (Å²) >= 11 is 5.83. The van der Waals surface area contributed by atoms with E-state index in [1.165, 1.54) is 10.6 Å². The largest absolute Gasteiger partial charge is 0.354 e. The summed E-state index contributed by atoms with van der Waals surface area (Å²) in [5, 5.41) is 3.40. The van der Waals surface area contributed by atoms with Crippen molar-refractivity contribution in [1.29, 1.82) is 0 Å². The first kappa shape index (κ1) is 20.3. The molecule has 0 unspecified atom stereocenters. The first-order valence-corrected chi connectivity index (χ1v) is 10.5. The molecule has 0 aromatic heterocycles. The summed E-state index contributed by atoms with van der Waals surface area (Å²) in [6, 6.07) is 12.7. The van der Waals surface area contributed by atoms with Gasteiger partial charge in [-0.2, -0.15) is 0 Å². The van der Waals surface area contributed by atoms with E-state index in [9.17, 15) is 13.2 Å². The second-order valence-electron chi connectivity index (χ2n) is 6.23. The van der Waals surface area contributed by atoms with Gasteiger partial charge in [-0.15, -0.1) is 0 Å². The molecule has 0 atom stereocenters. The summed E-state index contributed by atoms with van der Waals surface area (Å²) in [6.45, 7) is 4.16. The van der Waals surface area contributed by atoms with Gasteiger partial charge in [-0.05, 0) is 42.7 Å². The van der Waals surface area contributed by atoms with E-state index in [4.69, 9.17) is 11.6 Å². The molecule has 2 aromatic carbocycles. The molecule has 1 amide bonds. The molecule has 0 fully saturated rings. The van der Waals surface area contributed by atoms with E-state index in [1.807, 2.05) is 32.0 Å². The third-order valence-electron chi connectivity index (χ3n) is 4.00. The number of aryl methyl sites for hydroxylation is 2. The molecule has 140 valence electrons. The number of nitrogens with one attached hydrogen (secondary N) is 1. The average Bonchev–Trinajstić information content (AvgIpc) is 2.54. The van der Waals surface area contributed by atoms with E-state index >= 15 is 0 Å². The molecular weight excluding hydrogens is 372 g/mol. The molecule has 5 nitrogen and oxygen atoms in total. The minimum atomic E-state index is -3.46. The van der Waals surface area contributed by atoms with Gasteiger partial charge in [0.2, 0.25) is 15.9 Å². The van der Waals surface area contributed by atoms with Crippen LogP contribution in [-0.2, 0) is 21.2 Å². The molecule has 26 heavy (non-hydrogen) atoms. The van der Waals surface area contributed by atoms with E-state index in [0.29, 0.717) is 10.7 Å². The Morgan fingerprint density at radius 1 is 1.08 bits per heavy atom. The predicted molar refractivity (Wildman–Crippen MR) is 106 cm³/mol. The van der Waals surface area contributed by atoms with Gasteiger partial charge in [-0.3, -0.25) is 9.10 Å². The highest BCUT2D eigenvalue weighted by atomic mass is 35.5. The second kappa shape index (κ2) is 8.56. The predicted octanol–water partition coefficient (Wildman–Crippen LogP) is 3.08. The van der Waals surface area contributed by atoms with Gasteiger partial charge in [-0.25, -0.2) is 8.42 Å². The van der Waals surface area contributed by atoms with Crippen LogP contribution in [-0.4, -0.2) is 33.7 Å². The summed E-state index contributed by atoms with van der Waals surface area (Å²) in [6.07, 6.45) is 1.40. The lowest BCUT2D eigenvalue weighted by Gasteiger charge is -2.26. The fourth-order valence-corrected chi connectivity index (χ4v) is 3.96. The van der Waals surface area contributed by atoms with Crippen molar-refractivity contribution >= 4 is 33.2 Å². The van der Waals surface area contributed by atoms with E-state index in [2.05, 4.69) is 5.32 Å². The topological polar surface area (TPSA) is 66.5 Å². The summed E-state index contributed by atoms with van der Waals surface area (Å²) in [5.74, 6) is -0.165. The molecule has 0 heterocycles. The highest BCUT2D eigenvalue weighted by Gasteiger charge is 2.20. The standard InChI is InChI=1S/C19H23ClN2O3S/c1-14-5-4-6-15(2)19(14)22(26(3,24)25)12-11-21-18(23)13-16-7-9-17(20)10-8-16/h4-10H,11-13H2,1-3H3,(H,21,23). The van der Waals surface area contributed by atoms with Crippen LogP contribution in [0.1, 0.15) is 16.7 Å². The van der Waals surface area contributed by atoms with Gasteiger partial charge in [-0.1, -0.05) is 41.9 Å². The van der Waals surface area contributed by atoms with Gasteiger partial charge in [0, 0.05) is 11.6 Å². The molecule has 1 N–H and O–H groups in total. The molecule has 0 spiro atoms. The van der Waals surface area contributed by atoms with E-state index in [1.54, 1.807) is 24.3 Å². The molecule has 0 saturated heterocycles. The van der Waals surface area contributed by atoms with Crippen molar-refractivity contribution in [2.24, 2.45) is 0 Å². The van der Waals surface area contributed by atoms with Crippen LogP contribution < -0.4 is 9.62 Å². The van der Waals surface area contributed by atoms with Crippen LogP contribution in [0, 0.1) is 13.8 Å². The summed E-state index contributed by atoms with van der Waals surface area (Å²) < 4.78 is 25.8. The number of amides is 1. The lowest BCUT2D eigenvalue weighted by atomic mass is 10.1. The first-order chi connectivity index (χ1) is 12.2. The number of nitrogens with zero attached hydrogens (tertiary/aromatic N) is 1. The number of hydrogen-bond acceptors (Lipinski definition) is 3. The van der Waals surface area contributed by atoms with E-state index < -0.39 is 10.0 Å². The Labute approximate surface area is 160 Å². The van der Waals surface area contributed by atoms with Gasteiger partial charge >= 0.3 is 0 Å². The molecule has 2 aromatic rings. The number of rotatable bonds is 7. The molecule has 0 aliphatic carbocycles. The third-order valence-corrected chi connectivity index (χ3v) is 5.42. The van der Waals surface area contributed by atoms with Crippen LogP contribution in [0.2, 0.25) is 5.02 Å². The Morgan fingerprint density at radius 2 is 1.65 bits per heavy atom. The number of anilines is 1. The Morgan fingerprint density at radius 3 is 2.19 bits per heavy atom. The van der Waals surface area contributed by atoms with Gasteiger partial charge in [0.15, 0.2) is 0 Å². The first-order valence-electron chi connectivity index (χ1n) is 8.23. The number of halogens is 1. The molecule has 0 aliphatic heterocycles. The van der Waals surface area contributed by atoms with Crippen LogP contribution in [0.15, 0.2) is 42.5 Å². The van der Waals surface area contributed by atoms with Crippen molar-refractivity contribution < 1.29 is 13.2 Å². The van der Waals surface area contributed by atoms with Crippen molar-refractivity contribution in [3.8, 4) is 0 Å². The van der Waals surface area contributed by atoms with Crippen LogP contribution in [0.4, 0.5) is 5.69 Å². The molecular formula is C19H23ClN2O3S. The van der Waals surface area contributed by atoms with Crippen LogP contribution in [0.5, 0.6) is 0 Å². The Kier molecular flexibility index (Phi) is 6.67. The number of benzene rings is 2. The maximum Gasteiger partial charge on any atom is 0.232 e. The SMILES string of the molecule is Cc1cccc(C)c1N(CCNC(=O)Cc1ccc(Cl)cc1)S(C)(=O)=O. The smallest absolute Gasteiger partial charge is 0.232 e. The highest BCUT2D eigenvalue weighted by molar-refractivity contribution is 7.92. The minimum Gasteiger partial charge on any atom is -0.354 e. The van der Waals surface area contributed by atoms with Crippen molar-refractivity contribution in [2.45, 2.75) is 20.3 Å². The molecule has 0 saturated carbocycles. The lowest BCUT2D eigenvalue weighted by Crippen LogP contribution is -2.39. The monoisotopic (exact) mass is 394 g/mol. The number of sulfonamides is 1. The average molecular weight is 395 g/mol. The van der Waals surface area contributed by atoms with Gasteiger partial charge in [0.05, 0.1) is 24.9 Å². The van der Waals surface area contributed by atoms with Crippen molar-refractivity contribution in [3.05, 3.63) is 64.2 Å². The molecule has 0 radical (unpaired) electrons. The normalized spacial score (nSPS) is 11.2. The fourth-order valence-electron chi connectivity index (χ4n) is 2.79. The lowest BCUT2D eigenvalue weighted by molar-refractivity contribution is -0.120. The number of carbonyl (C=O) groups excluding carboxylic acids is 1. The fraction of sp³-hybridized carbons (Fsp3) is 0.316. The maximum atomic E-state index is 12.2. The van der Waals surface area contributed by atoms with Gasteiger partial charge in [0.25, 0.3) is 0 Å². The van der Waals surface area contributed by atoms with Crippen LogP contribution in [0.25, 0.3) is 0 Å². The summed E-state index contributed by atoms with van der Waals surface area (Å²) in [5.41, 5.74) is 3.27.